The van der Waals surface area contributed by atoms with Crippen LogP contribution in [0.2, 0.25) is 0 Å². The van der Waals surface area contributed by atoms with Crippen molar-refractivity contribution >= 4 is 22.6 Å². The topological polar surface area (TPSA) is 76.1 Å². The van der Waals surface area contributed by atoms with Gasteiger partial charge in [-0.05, 0) is 11.5 Å². The molecule has 2 aromatic rings. The number of rotatable bonds is 4. The molecule has 1 N–H and O–H groups in total. The molecule has 1 atom stereocenters. The molecule has 1 aliphatic heterocycles. The van der Waals surface area contributed by atoms with Gasteiger partial charge in [-0.2, -0.15) is 0 Å². The van der Waals surface area contributed by atoms with Gasteiger partial charge in [-0.3, -0.25) is 4.79 Å². The summed E-state index contributed by atoms with van der Waals surface area (Å²) in [5, 5.41) is 10.9. The fourth-order valence-corrected chi connectivity index (χ4v) is 2.58. The van der Waals surface area contributed by atoms with Crippen molar-refractivity contribution in [3.63, 3.8) is 0 Å². The number of benzene rings is 2. The molecule has 0 aromatic heterocycles. The van der Waals surface area contributed by atoms with Crippen LogP contribution < -0.4 is 4.74 Å². The van der Waals surface area contributed by atoms with Gasteiger partial charge >= 0.3 is 5.97 Å². The fraction of sp³-hybridized carbons (Fsp3) is 0.294. The molecule has 0 saturated carbocycles. The van der Waals surface area contributed by atoms with Crippen molar-refractivity contribution in [2.45, 2.75) is 6.10 Å². The van der Waals surface area contributed by atoms with E-state index in [1.165, 1.54) is 4.90 Å². The minimum atomic E-state index is -1.06. The van der Waals surface area contributed by atoms with Crippen LogP contribution in [-0.2, 0) is 14.3 Å². The Kier molecular flexibility index (Phi) is 4.43. The molecular weight excluding hydrogens is 298 g/mol. The van der Waals surface area contributed by atoms with Crippen LogP contribution in [0.15, 0.2) is 42.5 Å². The second-order valence-corrected chi connectivity index (χ2v) is 5.30. The number of aliphatic carboxylic acids is 1. The number of fused-ring (bicyclic) bond motifs is 1. The quantitative estimate of drug-likeness (QED) is 0.926. The lowest BCUT2D eigenvalue weighted by molar-refractivity contribution is -0.159. The van der Waals surface area contributed by atoms with E-state index in [9.17, 15) is 9.59 Å². The number of ether oxygens (including phenoxy) is 2. The van der Waals surface area contributed by atoms with Gasteiger partial charge in [-0.15, -0.1) is 0 Å². The molecule has 0 aliphatic carbocycles. The molecule has 1 amide bonds. The van der Waals surface area contributed by atoms with Crippen molar-refractivity contribution in [3.05, 3.63) is 42.5 Å². The highest BCUT2D eigenvalue weighted by Gasteiger charge is 2.29. The summed E-state index contributed by atoms with van der Waals surface area (Å²) in [6, 6.07) is 13.4. The van der Waals surface area contributed by atoms with Crippen LogP contribution >= 0.6 is 0 Å². The van der Waals surface area contributed by atoms with Crippen LogP contribution in [0.3, 0.4) is 0 Å². The van der Waals surface area contributed by atoms with Crippen molar-refractivity contribution in [1.82, 2.24) is 4.90 Å². The SMILES string of the molecule is O=C(O)C1CN(C(=O)COc2cccc3ccccc23)CCO1. The van der Waals surface area contributed by atoms with E-state index in [1.807, 2.05) is 42.5 Å². The summed E-state index contributed by atoms with van der Waals surface area (Å²) in [6.45, 7) is 0.520. The number of hydrogen-bond donors (Lipinski definition) is 1. The van der Waals surface area contributed by atoms with Gasteiger partial charge in [0.2, 0.25) is 0 Å². The van der Waals surface area contributed by atoms with E-state index in [1.54, 1.807) is 0 Å². The van der Waals surface area contributed by atoms with E-state index in [4.69, 9.17) is 14.6 Å². The first-order valence-corrected chi connectivity index (χ1v) is 7.38. The minimum absolute atomic E-state index is 0.0487. The van der Waals surface area contributed by atoms with Gasteiger partial charge in [-0.1, -0.05) is 36.4 Å². The molecule has 23 heavy (non-hydrogen) atoms. The monoisotopic (exact) mass is 315 g/mol. The second-order valence-electron chi connectivity index (χ2n) is 5.30. The van der Waals surface area contributed by atoms with Gasteiger partial charge in [0.1, 0.15) is 5.75 Å². The Morgan fingerprint density at radius 3 is 2.83 bits per heavy atom. The normalized spacial score (nSPS) is 17.9. The highest BCUT2D eigenvalue weighted by molar-refractivity contribution is 5.88. The van der Waals surface area contributed by atoms with Gasteiger partial charge in [0.15, 0.2) is 12.7 Å². The van der Waals surface area contributed by atoms with Crippen molar-refractivity contribution in [1.29, 1.82) is 0 Å². The number of morpholine rings is 1. The van der Waals surface area contributed by atoms with Crippen LogP contribution in [0, 0.1) is 0 Å². The highest BCUT2D eigenvalue weighted by atomic mass is 16.5. The summed E-state index contributed by atoms with van der Waals surface area (Å²) in [5.41, 5.74) is 0. The van der Waals surface area contributed by atoms with Gasteiger partial charge in [0.25, 0.3) is 5.91 Å². The van der Waals surface area contributed by atoms with Crippen molar-refractivity contribution in [3.8, 4) is 5.75 Å². The minimum Gasteiger partial charge on any atom is -0.483 e. The maximum Gasteiger partial charge on any atom is 0.334 e. The molecule has 3 rings (SSSR count). The first kappa shape index (κ1) is 15.3. The molecule has 1 heterocycles. The third-order valence-corrected chi connectivity index (χ3v) is 3.80. The number of amides is 1. The Hall–Kier alpha value is -2.60. The van der Waals surface area contributed by atoms with Crippen LogP contribution in [-0.4, -0.2) is 54.3 Å². The standard InChI is InChI=1S/C17H17NO5/c19-16(18-8-9-22-15(10-18)17(20)21)11-23-14-7-3-5-12-4-1-2-6-13(12)14/h1-7,15H,8-11H2,(H,20,21). The Morgan fingerprint density at radius 2 is 2.00 bits per heavy atom. The largest absolute Gasteiger partial charge is 0.483 e. The average Bonchev–Trinajstić information content (AvgIpc) is 2.59. The summed E-state index contributed by atoms with van der Waals surface area (Å²) in [4.78, 5) is 24.6. The van der Waals surface area contributed by atoms with Gasteiger partial charge in [0.05, 0.1) is 13.2 Å². The van der Waals surface area contributed by atoms with Crippen molar-refractivity contribution in [2.24, 2.45) is 0 Å². The summed E-state index contributed by atoms with van der Waals surface area (Å²) in [5.74, 6) is -0.663. The van der Waals surface area contributed by atoms with Crippen LogP contribution in [0.1, 0.15) is 0 Å². The van der Waals surface area contributed by atoms with Crippen molar-refractivity contribution < 1.29 is 24.2 Å². The van der Waals surface area contributed by atoms with Crippen molar-refractivity contribution in [2.75, 3.05) is 26.3 Å². The number of hydrogen-bond acceptors (Lipinski definition) is 4. The summed E-state index contributed by atoms with van der Waals surface area (Å²) in [6.07, 6.45) is -0.967. The summed E-state index contributed by atoms with van der Waals surface area (Å²) >= 11 is 0. The predicted molar refractivity (Wildman–Crippen MR) is 83.4 cm³/mol. The van der Waals surface area contributed by atoms with Gasteiger partial charge in [-0.25, -0.2) is 4.79 Å². The number of carboxylic acids is 1. The molecule has 120 valence electrons. The lowest BCUT2D eigenvalue weighted by Gasteiger charge is -2.30. The summed E-state index contributed by atoms with van der Waals surface area (Å²) < 4.78 is 10.8. The highest BCUT2D eigenvalue weighted by Crippen LogP contribution is 2.25. The van der Waals surface area contributed by atoms with Gasteiger partial charge < -0.3 is 19.5 Å². The zero-order valence-electron chi connectivity index (χ0n) is 12.5. The van der Waals surface area contributed by atoms with E-state index < -0.39 is 12.1 Å². The van der Waals surface area contributed by atoms with E-state index in [2.05, 4.69) is 0 Å². The Labute approximate surface area is 133 Å². The third kappa shape index (κ3) is 3.43. The smallest absolute Gasteiger partial charge is 0.334 e. The second kappa shape index (κ2) is 6.66. The number of carbonyl (C=O) groups is 2. The Morgan fingerprint density at radius 1 is 1.22 bits per heavy atom. The fourth-order valence-electron chi connectivity index (χ4n) is 2.58. The zero-order chi connectivity index (χ0) is 16.2. The molecule has 1 aliphatic rings. The molecule has 1 saturated heterocycles. The maximum atomic E-state index is 12.2. The van der Waals surface area contributed by atoms with Crippen LogP contribution in [0.4, 0.5) is 0 Å². The molecule has 2 aromatic carbocycles. The molecule has 6 nitrogen and oxygen atoms in total. The van der Waals surface area contributed by atoms with E-state index in [0.29, 0.717) is 12.3 Å². The van der Waals surface area contributed by atoms with E-state index in [0.717, 1.165) is 10.8 Å². The molecule has 6 heteroatoms. The maximum absolute atomic E-state index is 12.2. The lowest BCUT2D eigenvalue weighted by atomic mass is 10.1. The zero-order valence-corrected chi connectivity index (χ0v) is 12.5. The Balaban J connectivity index is 1.65. The Bertz CT molecular complexity index is 725. The van der Waals surface area contributed by atoms with E-state index >= 15 is 0 Å². The lowest BCUT2D eigenvalue weighted by Crippen LogP contribution is -2.49. The average molecular weight is 315 g/mol. The first-order valence-electron chi connectivity index (χ1n) is 7.38. The third-order valence-electron chi connectivity index (χ3n) is 3.80. The number of carbonyl (C=O) groups excluding carboxylic acids is 1. The predicted octanol–water partition coefficient (Wildman–Crippen LogP) is 1.53. The molecule has 0 radical (unpaired) electrons. The molecular formula is C17H17NO5. The van der Waals surface area contributed by atoms with Crippen LogP contribution in [0.25, 0.3) is 10.8 Å². The van der Waals surface area contributed by atoms with Gasteiger partial charge in [0, 0.05) is 11.9 Å². The molecule has 0 bridgehead atoms. The summed E-state index contributed by atoms with van der Waals surface area (Å²) in [7, 11) is 0. The number of nitrogens with zero attached hydrogens (tertiary/aromatic N) is 1. The number of carboxylic acid groups (broad SMARTS) is 1. The molecule has 1 unspecified atom stereocenters. The first-order chi connectivity index (χ1) is 11.1. The van der Waals surface area contributed by atoms with E-state index in [-0.39, 0.29) is 25.7 Å². The molecule has 0 spiro atoms. The molecule has 1 fully saturated rings. The van der Waals surface area contributed by atoms with Crippen LogP contribution in [0.5, 0.6) is 5.75 Å².